The van der Waals surface area contributed by atoms with Gasteiger partial charge in [-0.15, -0.1) is 0 Å². The summed E-state index contributed by atoms with van der Waals surface area (Å²) in [6, 6.07) is 22.8. The van der Waals surface area contributed by atoms with Crippen molar-refractivity contribution in [3.63, 3.8) is 0 Å². The van der Waals surface area contributed by atoms with Crippen molar-refractivity contribution in [2.24, 2.45) is 7.05 Å². The van der Waals surface area contributed by atoms with E-state index in [1.807, 2.05) is 97.5 Å². The van der Waals surface area contributed by atoms with E-state index in [9.17, 15) is 9.59 Å². The lowest BCUT2D eigenvalue weighted by Crippen LogP contribution is -2.31. The van der Waals surface area contributed by atoms with Crippen LogP contribution in [0.15, 0.2) is 85.2 Å². The highest BCUT2D eigenvalue weighted by Gasteiger charge is 2.40. The van der Waals surface area contributed by atoms with Crippen molar-refractivity contribution in [2.45, 2.75) is 39.0 Å². The van der Waals surface area contributed by atoms with Gasteiger partial charge in [0.15, 0.2) is 0 Å². The molecule has 2 unspecified atom stereocenters. The summed E-state index contributed by atoms with van der Waals surface area (Å²) < 4.78 is 19.1. The molecule has 1 aromatic heterocycles. The largest absolute Gasteiger partial charge is 0.466 e. The summed E-state index contributed by atoms with van der Waals surface area (Å²) in [6.07, 6.45) is 3.06. The van der Waals surface area contributed by atoms with E-state index in [1.54, 1.807) is 18.0 Å². The van der Waals surface area contributed by atoms with Gasteiger partial charge in [0, 0.05) is 30.6 Å². The van der Waals surface area contributed by atoms with Gasteiger partial charge < -0.3 is 18.8 Å². The number of amides is 1. The Labute approximate surface area is 227 Å². The Morgan fingerprint density at radius 3 is 2.62 bits per heavy atom. The van der Waals surface area contributed by atoms with E-state index >= 15 is 0 Å². The number of hydrogen-bond donors (Lipinski definition) is 0. The highest BCUT2D eigenvalue weighted by Crippen LogP contribution is 2.36. The number of rotatable bonds is 9. The van der Waals surface area contributed by atoms with E-state index < -0.39 is 0 Å². The second kappa shape index (κ2) is 11.4. The van der Waals surface area contributed by atoms with Gasteiger partial charge in [0.2, 0.25) is 0 Å². The molecular weight excluding hydrogens is 494 g/mol. The zero-order valence-corrected chi connectivity index (χ0v) is 22.2. The molecule has 200 valence electrons. The summed E-state index contributed by atoms with van der Waals surface area (Å²) >= 11 is 0. The molecule has 0 radical (unpaired) electrons. The maximum absolute atomic E-state index is 13.0. The molecule has 0 spiro atoms. The van der Waals surface area contributed by atoms with Crippen LogP contribution in [-0.4, -0.2) is 39.2 Å². The maximum atomic E-state index is 13.0. The van der Waals surface area contributed by atoms with E-state index in [4.69, 9.17) is 14.2 Å². The summed E-state index contributed by atoms with van der Waals surface area (Å²) in [5.41, 5.74) is 3.46. The first-order valence-electron chi connectivity index (χ1n) is 13.0. The minimum Gasteiger partial charge on any atom is -0.466 e. The minimum absolute atomic E-state index is 0.161. The topological polar surface area (TPSA) is 82.9 Å². The third kappa shape index (κ3) is 5.80. The lowest BCUT2D eigenvalue weighted by Gasteiger charge is -2.23. The van der Waals surface area contributed by atoms with Crippen molar-refractivity contribution in [2.75, 3.05) is 6.61 Å². The molecule has 1 aliphatic heterocycles. The van der Waals surface area contributed by atoms with Crippen molar-refractivity contribution in [1.82, 2.24) is 14.5 Å². The Kier molecular flexibility index (Phi) is 7.63. The van der Waals surface area contributed by atoms with Crippen LogP contribution in [0.25, 0.3) is 11.4 Å². The molecule has 0 N–H and O–H groups in total. The zero-order valence-electron chi connectivity index (χ0n) is 22.2. The highest BCUT2D eigenvalue weighted by atomic mass is 16.6. The van der Waals surface area contributed by atoms with Crippen LogP contribution in [0.1, 0.15) is 36.6 Å². The molecule has 4 aromatic rings. The predicted octanol–water partition coefficient (Wildman–Crippen LogP) is 6.07. The first-order chi connectivity index (χ1) is 18.9. The number of aromatic nitrogens is 2. The molecule has 1 aliphatic rings. The van der Waals surface area contributed by atoms with Crippen LogP contribution >= 0.6 is 0 Å². The van der Waals surface area contributed by atoms with E-state index in [0.29, 0.717) is 24.7 Å². The maximum Gasteiger partial charge on any atom is 0.411 e. The Morgan fingerprint density at radius 2 is 1.87 bits per heavy atom. The number of carbonyl (C=O) groups is 2. The molecule has 1 fully saturated rings. The molecule has 8 nitrogen and oxygen atoms in total. The lowest BCUT2D eigenvalue weighted by atomic mass is 10.0. The fourth-order valence-electron chi connectivity index (χ4n) is 4.80. The smallest absolute Gasteiger partial charge is 0.411 e. The number of aryl methyl sites for hydroxylation is 1. The molecule has 5 rings (SSSR count). The fourth-order valence-corrected chi connectivity index (χ4v) is 4.80. The van der Waals surface area contributed by atoms with E-state index in [-0.39, 0.29) is 30.6 Å². The monoisotopic (exact) mass is 525 g/mol. The number of cyclic esters (lactones) is 1. The molecule has 3 aromatic carbocycles. The van der Waals surface area contributed by atoms with Gasteiger partial charge >= 0.3 is 12.1 Å². The number of benzene rings is 3. The standard InChI is InChI=1S/C31H31N3O5/c1-4-37-28(35)18-22-9-8-12-26(17-22)38-27-14-13-24(30-32-15-16-33(30)3)19-25(27)20-34-21(2)29(39-31(34)36)23-10-6-5-7-11-23/h5-17,19,21,29H,4,18,20H2,1-3H3. The van der Waals surface area contributed by atoms with Gasteiger partial charge in [-0.05, 0) is 55.3 Å². The first kappa shape index (κ1) is 26.0. The molecule has 1 amide bonds. The number of ether oxygens (including phenoxy) is 3. The number of carbonyl (C=O) groups excluding carboxylic acids is 2. The Hall–Kier alpha value is -4.59. The van der Waals surface area contributed by atoms with Crippen LogP contribution in [0, 0.1) is 0 Å². The lowest BCUT2D eigenvalue weighted by molar-refractivity contribution is -0.142. The second-order valence-electron chi connectivity index (χ2n) is 9.50. The summed E-state index contributed by atoms with van der Waals surface area (Å²) in [6.45, 7) is 4.40. The first-order valence-corrected chi connectivity index (χ1v) is 13.0. The number of esters is 1. The Balaban J connectivity index is 1.45. The molecule has 0 bridgehead atoms. The number of hydrogen-bond acceptors (Lipinski definition) is 6. The Bertz CT molecular complexity index is 1470. The van der Waals surface area contributed by atoms with E-state index in [1.165, 1.54) is 0 Å². The highest BCUT2D eigenvalue weighted by molar-refractivity contribution is 5.73. The van der Waals surface area contributed by atoms with Gasteiger partial charge in [0.1, 0.15) is 23.4 Å². The predicted molar refractivity (Wildman–Crippen MR) is 146 cm³/mol. The molecule has 2 atom stereocenters. The summed E-state index contributed by atoms with van der Waals surface area (Å²) in [7, 11) is 1.94. The van der Waals surface area contributed by atoms with Gasteiger partial charge in [-0.25, -0.2) is 9.78 Å². The summed E-state index contributed by atoms with van der Waals surface area (Å²) in [5.74, 6) is 1.70. The van der Waals surface area contributed by atoms with Crippen LogP contribution < -0.4 is 4.74 Å². The van der Waals surface area contributed by atoms with Gasteiger partial charge in [-0.1, -0.05) is 42.5 Å². The molecule has 2 heterocycles. The molecular formula is C31H31N3O5. The second-order valence-corrected chi connectivity index (χ2v) is 9.50. The third-order valence-corrected chi connectivity index (χ3v) is 6.78. The number of imidazole rings is 1. The molecule has 39 heavy (non-hydrogen) atoms. The van der Waals surface area contributed by atoms with Crippen LogP contribution in [0.4, 0.5) is 4.79 Å². The van der Waals surface area contributed by atoms with Gasteiger partial charge in [0.25, 0.3) is 0 Å². The quantitative estimate of drug-likeness (QED) is 0.247. The third-order valence-electron chi connectivity index (χ3n) is 6.78. The van der Waals surface area contributed by atoms with Crippen molar-refractivity contribution in [3.05, 3.63) is 102 Å². The average Bonchev–Trinajstić information content (AvgIpc) is 3.48. The SMILES string of the molecule is CCOC(=O)Cc1cccc(Oc2ccc(-c3nccn3C)cc2CN2C(=O)OC(c3ccccc3)C2C)c1. The molecule has 8 heteroatoms. The normalized spacial score (nSPS) is 16.7. The van der Waals surface area contributed by atoms with Crippen LogP contribution in [0.5, 0.6) is 11.5 Å². The minimum atomic E-state index is -0.374. The molecule has 0 aliphatic carbocycles. The van der Waals surface area contributed by atoms with E-state index in [0.717, 1.165) is 28.1 Å². The van der Waals surface area contributed by atoms with Crippen molar-refractivity contribution in [3.8, 4) is 22.9 Å². The average molecular weight is 526 g/mol. The van der Waals surface area contributed by atoms with Crippen LogP contribution in [0.2, 0.25) is 0 Å². The molecule has 1 saturated heterocycles. The van der Waals surface area contributed by atoms with Crippen molar-refractivity contribution < 1.29 is 23.8 Å². The van der Waals surface area contributed by atoms with Crippen molar-refractivity contribution in [1.29, 1.82) is 0 Å². The fraction of sp³-hybridized carbons (Fsp3) is 0.258. The van der Waals surface area contributed by atoms with Crippen LogP contribution in [0.3, 0.4) is 0 Å². The van der Waals surface area contributed by atoms with E-state index in [2.05, 4.69) is 4.98 Å². The zero-order chi connectivity index (χ0) is 27.4. The van der Waals surface area contributed by atoms with Crippen LogP contribution in [-0.2, 0) is 34.3 Å². The van der Waals surface area contributed by atoms with Crippen molar-refractivity contribution >= 4 is 12.1 Å². The Morgan fingerprint density at radius 1 is 1.05 bits per heavy atom. The van der Waals surface area contributed by atoms with Gasteiger partial charge in [0.05, 0.1) is 25.6 Å². The van der Waals surface area contributed by atoms with Gasteiger partial charge in [-0.3, -0.25) is 9.69 Å². The number of nitrogens with zero attached hydrogens (tertiary/aromatic N) is 3. The summed E-state index contributed by atoms with van der Waals surface area (Å²) in [5, 5.41) is 0. The molecule has 0 saturated carbocycles. The summed E-state index contributed by atoms with van der Waals surface area (Å²) in [4.78, 5) is 31.2. The van der Waals surface area contributed by atoms with Gasteiger partial charge in [-0.2, -0.15) is 0 Å².